The third-order valence-electron chi connectivity index (χ3n) is 4.89. The predicted octanol–water partition coefficient (Wildman–Crippen LogP) is 2.33. The van der Waals surface area contributed by atoms with Gasteiger partial charge in [0.25, 0.3) is 5.91 Å². The van der Waals surface area contributed by atoms with Crippen molar-refractivity contribution in [3.05, 3.63) is 34.6 Å². The first kappa shape index (κ1) is 19.1. The molecule has 1 aromatic rings. The second-order valence-corrected chi connectivity index (χ2v) is 9.56. The summed E-state index contributed by atoms with van der Waals surface area (Å²) in [5.74, 6) is -1.54. The minimum Gasteiger partial charge on any atom is -0.338 e. The molecule has 1 saturated heterocycles. The molecule has 0 radical (unpaired) electrons. The van der Waals surface area contributed by atoms with Gasteiger partial charge in [0.2, 0.25) is 15.9 Å². The van der Waals surface area contributed by atoms with Crippen molar-refractivity contribution in [2.75, 3.05) is 13.1 Å². The number of hydrogen-bond acceptors (Lipinski definition) is 4. The second-order valence-electron chi connectivity index (χ2n) is 7.19. The largest absolute Gasteiger partial charge is 0.338 e. The van der Waals surface area contributed by atoms with Crippen molar-refractivity contribution < 1.29 is 22.4 Å². The number of nitrogens with zero attached hydrogens (tertiary/aromatic N) is 1. The van der Waals surface area contributed by atoms with Crippen LogP contribution in [0, 0.1) is 11.2 Å². The van der Waals surface area contributed by atoms with Gasteiger partial charge in [-0.2, -0.15) is 0 Å². The van der Waals surface area contributed by atoms with E-state index < -0.39 is 38.3 Å². The van der Waals surface area contributed by atoms with E-state index in [9.17, 15) is 22.4 Å². The van der Waals surface area contributed by atoms with Crippen LogP contribution >= 0.6 is 11.6 Å². The maximum Gasteiger partial charge on any atom is 0.255 e. The number of likely N-dealkylation sites (tertiary alicyclic amines) is 1. The highest BCUT2D eigenvalue weighted by Gasteiger charge is 2.44. The van der Waals surface area contributed by atoms with Crippen LogP contribution in [-0.4, -0.2) is 43.5 Å². The lowest BCUT2D eigenvalue weighted by Gasteiger charge is -2.39. The van der Waals surface area contributed by atoms with Gasteiger partial charge < -0.3 is 4.90 Å². The fourth-order valence-corrected chi connectivity index (χ4v) is 4.82. The van der Waals surface area contributed by atoms with Gasteiger partial charge in [-0.1, -0.05) is 11.6 Å². The topological polar surface area (TPSA) is 83.6 Å². The number of rotatable bonds is 4. The highest BCUT2D eigenvalue weighted by atomic mass is 35.5. The average Bonchev–Trinajstić information content (AvgIpc) is 3.39. The molecule has 1 heterocycles. The second kappa shape index (κ2) is 6.81. The normalized spacial score (nSPS) is 23.6. The first-order valence-electron chi connectivity index (χ1n) is 8.43. The number of sulfonamides is 1. The Hall–Kier alpha value is -1.67. The van der Waals surface area contributed by atoms with Gasteiger partial charge in [-0.3, -0.25) is 14.3 Å². The highest BCUT2D eigenvalue weighted by Crippen LogP contribution is 2.33. The molecule has 1 aliphatic carbocycles. The summed E-state index contributed by atoms with van der Waals surface area (Å²) in [5, 5.41) is -0.488. The monoisotopic (exact) mass is 402 g/mol. The fourth-order valence-electron chi connectivity index (χ4n) is 3.15. The molecule has 3 rings (SSSR count). The summed E-state index contributed by atoms with van der Waals surface area (Å²) < 4.78 is 39.4. The number of carbonyl (C=O) groups excluding carboxylic acids is 2. The predicted molar refractivity (Wildman–Crippen MR) is 94.7 cm³/mol. The minimum atomic E-state index is -3.64. The Balaban J connectivity index is 1.75. The summed E-state index contributed by atoms with van der Waals surface area (Å²) in [7, 11) is -3.64. The summed E-state index contributed by atoms with van der Waals surface area (Å²) in [6.07, 6.45) is 2.15. The standard InChI is InChI=1S/C17H20ClFN2O4S/c1-17(16(23)20-26(24,25)12-4-5-12)7-2-8-21(10-17)15(22)13-6-3-11(19)9-14(13)18/h3,6,9,12H,2,4-5,7-8,10H2,1H3,(H,20,23). The molecule has 1 unspecified atom stereocenters. The van der Waals surface area contributed by atoms with E-state index in [2.05, 4.69) is 4.72 Å². The highest BCUT2D eigenvalue weighted by molar-refractivity contribution is 7.90. The summed E-state index contributed by atoms with van der Waals surface area (Å²) in [4.78, 5) is 26.8. The molecule has 0 aromatic heterocycles. The third kappa shape index (κ3) is 3.86. The molecule has 2 fully saturated rings. The molecule has 1 N–H and O–H groups in total. The Labute approximate surface area is 156 Å². The SMILES string of the molecule is CC1(C(=O)NS(=O)(=O)C2CC2)CCCN(C(=O)c2ccc(F)cc2Cl)C1. The van der Waals surface area contributed by atoms with E-state index in [4.69, 9.17) is 11.6 Å². The van der Waals surface area contributed by atoms with Crippen LogP contribution in [0.5, 0.6) is 0 Å². The maximum atomic E-state index is 13.2. The van der Waals surface area contributed by atoms with Crippen molar-refractivity contribution in [3.63, 3.8) is 0 Å². The van der Waals surface area contributed by atoms with Crippen LogP contribution in [0.25, 0.3) is 0 Å². The van der Waals surface area contributed by atoms with Crippen LogP contribution in [0.15, 0.2) is 18.2 Å². The molecule has 0 bridgehead atoms. The lowest BCUT2D eigenvalue weighted by molar-refractivity contribution is -0.130. The summed E-state index contributed by atoms with van der Waals surface area (Å²) in [6, 6.07) is 3.52. The van der Waals surface area contributed by atoms with Gasteiger partial charge in [0.15, 0.2) is 0 Å². The van der Waals surface area contributed by atoms with Crippen molar-refractivity contribution in [1.82, 2.24) is 9.62 Å². The molecule has 26 heavy (non-hydrogen) atoms. The van der Waals surface area contributed by atoms with Crippen LogP contribution in [0.2, 0.25) is 5.02 Å². The zero-order valence-electron chi connectivity index (χ0n) is 14.3. The van der Waals surface area contributed by atoms with Crippen molar-refractivity contribution in [1.29, 1.82) is 0 Å². The quantitative estimate of drug-likeness (QED) is 0.837. The van der Waals surface area contributed by atoms with E-state index in [1.165, 1.54) is 11.0 Å². The van der Waals surface area contributed by atoms with Gasteiger partial charge in [-0.25, -0.2) is 12.8 Å². The molecule has 142 valence electrons. The van der Waals surface area contributed by atoms with Gasteiger partial charge in [0.1, 0.15) is 5.82 Å². The Kier molecular flexibility index (Phi) is 5.00. The molecular weight excluding hydrogens is 383 g/mol. The van der Waals surface area contributed by atoms with Crippen molar-refractivity contribution in [2.24, 2.45) is 5.41 Å². The van der Waals surface area contributed by atoms with Gasteiger partial charge in [0.05, 0.1) is 21.3 Å². The number of nitrogens with one attached hydrogen (secondary N) is 1. The fraction of sp³-hybridized carbons (Fsp3) is 0.529. The van der Waals surface area contributed by atoms with Crippen LogP contribution in [-0.2, 0) is 14.8 Å². The molecule has 9 heteroatoms. The summed E-state index contributed by atoms with van der Waals surface area (Å²) in [6.45, 7) is 2.15. The summed E-state index contributed by atoms with van der Waals surface area (Å²) in [5.41, 5.74) is -0.856. The van der Waals surface area contributed by atoms with E-state index in [1.807, 2.05) is 0 Å². The van der Waals surface area contributed by atoms with E-state index in [0.29, 0.717) is 32.2 Å². The molecule has 1 aromatic carbocycles. The number of benzene rings is 1. The first-order valence-corrected chi connectivity index (χ1v) is 10.4. The van der Waals surface area contributed by atoms with E-state index >= 15 is 0 Å². The van der Waals surface area contributed by atoms with Gasteiger partial charge in [-0.05, 0) is 50.8 Å². The van der Waals surface area contributed by atoms with Gasteiger partial charge >= 0.3 is 0 Å². The molecule has 0 spiro atoms. The molecule has 2 aliphatic rings. The lowest BCUT2D eigenvalue weighted by atomic mass is 9.81. The number of carbonyl (C=O) groups is 2. The maximum absolute atomic E-state index is 13.2. The van der Waals surface area contributed by atoms with Crippen molar-refractivity contribution >= 4 is 33.4 Å². The molecule has 1 aliphatic heterocycles. The van der Waals surface area contributed by atoms with Gasteiger partial charge in [-0.15, -0.1) is 0 Å². The number of hydrogen-bond donors (Lipinski definition) is 1. The minimum absolute atomic E-state index is 0.00281. The summed E-state index contributed by atoms with van der Waals surface area (Å²) >= 11 is 5.96. The Morgan fingerprint density at radius 1 is 1.35 bits per heavy atom. The number of halogens is 2. The Morgan fingerprint density at radius 2 is 2.04 bits per heavy atom. The average molecular weight is 403 g/mol. The van der Waals surface area contributed by atoms with Crippen molar-refractivity contribution in [3.8, 4) is 0 Å². The third-order valence-corrected chi connectivity index (χ3v) is 7.02. The lowest BCUT2D eigenvalue weighted by Crippen LogP contribution is -2.53. The van der Waals surface area contributed by atoms with Crippen LogP contribution in [0.4, 0.5) is 4.39 Å². The van der Waals surface area contributed by atoms with Crippen LogP contribution < -0.4 is 4.72 Å². The zero-order chi connectivity index (χ0) is 19.1. The van der Waals surface area contributed by atoms with Crippen LogP contribution in [0.3, 0.4) is 0 Å². The molecule has 1 atom stereocenters. The molecular formula is C17H20ClFN2O4S. The van der Waals surface area contributed by atoms with Crippen molar-refractivity contribution in [2.45, 2.75) is 37.9 Å². The molecule has 6 nitrogen and oxygen atoms in total. The van der Waals surface area contributed by atoms with E-state index in [-0.39, 0.29) is 17.1 Å². The smallest absolute Gasteiger partial charge is 0.255 e. The van der Waals surface area contributed by atoms with E-state index in [0.717, 1.165) is 12.1 Å². The Morgan fingerprint density at radius 3 is 2.65 bits per heavy atom. The van der Waals surface area contributed by atoms with E-state index in [1.54, 1.807) is 6.92 Å². The Bertz CT molecular complexity index is 856. The first-order chi connectivity index (χ1) is 12.1. The van der Waals surface area contributed by atoms with Gasteiger partial charge in [0, 0.05) is 13.1 Å². The number of piperidine rings is 1. The zero-order valence-corrected chi connectivity index (χ0v) is 15.9. The van der Waals surface area contributed by atoms with Crippen LogP contribution in [0.1, 0.15) is 43.0 Å². The molecule has 1 saturated carbocycles. The molecule has 2 amide bonds. The number of amides is 2.